The molecule has 13 heteroatoms. The van der Waals surface area contributed by atoms with Gasteiger partial charge in [-0.05, 0) is 41.9 Å². The first-order valence-electron chi connectivity index (χ1n) is 13.8. The minimum absolute atomic E-state index is 0.00671. The predicted molar refractivity (Wildman–Crippen MR) is 161 cm³/mol. The zero-order chi connectivity index (χ0) is 31.7. The number of carbonyl (C=O) groups excluding carboxylic acids is 2. The average molecular weight is 625 g/mol. The molecule has 11 nitrogen and oxygen atoms in total. The van der Waals surface area contributed by atoms with E-state index < -0.39 is 57.3 Å². The van der Waals surface area contributed by atoms with E-state index >= 15 is 0 Å². The molecule has 0 saturated carbocycles. The smallest absolute Gasteiger partial charge is 0.445 e. The Morgan fingerprint density at radius 1 is 1.02 bits per heavy atom. The number of rotatable bonds is 17. The van der Waals surface area contributed by atoms with Crippen molar-refractivity contribution in [1.29, 1.82) is 0 Å². The van der Waals surface area contributed by atoms with Gasteiger partial charge < -0.3 is 14.9 Å². The van der Waals surface area contributed by atoms with Gasteiger partial charge in [0, 0.05) is 23.4 Å². The molecule has 0 aliphatic rings. The van der Waals surface area contributed by atoms with E-state index in [9.17, 15) is 32.7 Å². The summed E-state index contributed by atoms with van der Waals surface area (Å²) in [5.74, 6) is -3.65. The molecule has 0 radical (unpaired) electrons. The van der Waals surface area contributed by atoms with Gasteiger partial charge in [-0.25, -0.2) is 9.59 Å². The molecule has 2 rings (SSSR count). The molecule has 4 N–H and O–H groups in total. The number of thiophene rings is 1. The summed E-state index contributed by atoms with van der Waals surface area (Å²) in [6, 6.07) is 8.77. The lowest BCUT2D eigenvalue weighted by Gasteiger charge is -2.33. The van der Waals surface area contributed by atoms with E-state index in [-0.39, 0.29) is 18.2 Å². The molecule has 42 heavy (non-hydrogen) atoms. The van der Waals surface area contributed by atoms with Crippen LogP contribution in [0.25, 0.3) is 11.1 Å². The Balaban J connectivity index is 2.33. The number of hydrogen-bond donors (Lipinski definition) is 4. The number of ether oxygens (including phenoxy) is 1. The average Bonchev–Trinajstić information content (AvgIpc) is 3.28. The van der Waals surface area contributed by atoms with Gasteiger partial charge in [0.15, 0.2) is 11.3 Å². The van der Waals surface area contributed by atoms with Crippen molar-refractivity contribution in [3.05, 3.63) is 40.8 Å². The maximum Gasteiger partial charge on any atom is 0.445 e. The van der Waals surface area contributed by atoms with Crippen LogP contribution >= 0.6 is 11.3 Å². The van der Waals surface area contributed by atoms with Gasteiger partial charge in [0.2, 0.25) is 0 Å². The van der Waals surface area contributed by atoms with E-state index in [1.165, 1.54) is 11.3 Å². The highest BCUT2D eigenvalue weighted by Crippen LogP contribution is 2.38. The van der Waals surface area contributed by atoms with Crippen LogP contribution < -0.4 is 10.0 Å². The first-order chi connectivity index (χ1) is 19.6. The highest BCUT2D eigenvalue weighted by Gasteiger charge is 2.48. The van der Waals surface area contributed by atoms with Crippen LogP contribution in [-0.4, -0.2) is 53.8 Å². The molecular weight excluding hydrogens is 584 g/mol. The molecule has 0 spiro atoms. The third-order valence-electron chi connectivity index (χ3n) is 6.60. The summed E-state index contributed by atoms with van der Waals surface area (Å²) in [5, 5.41) is 20.7. The number of aliphatic carboxylic acids is 2. The molecule has 0 aliphatic heterocycles. The standard InChI is InChI=1S/C29H40N2O9S2/c1-6-7-14-40-28(37)42(38,39)31-26-23(16-22(41-26)15-18(2)3)21-10-8-20(9-11-21)17-30-29(19(4)5,27(35)36)24(32)12-13-25(33)34/h8-11,16,18-19,30-31H,6-7,12-15,17H2,1-5H3,(H,33,34)(H,35,36). The summed E-state index contributed by atoms with van der Waals surface area (Å²) in [6.45, 7) is 9.15. The van der Waals surface area contributed by atoms with Crippen LogP contribution in [0, 0.1) is 11.8 Å². The van der Waals surface area contributed by atoms with Gasteiger partial charge in [-0.3, -0.25) is 19.6 Å². The highest BCUT2D eigenvalue weighted by atomic mass is 32.2. The fourth-order valence-electron chi connectivity index (χ4n) is 4.30. The molecule has 2 aromatic rings. The van der Waals surface area contributed by atoms with Crippen LogP contribution in [0.5, 0.6) is 0 Å². The van der Waals surface area contributed by atoms with Crippen molar-refractivity contribution in [1.82, 2.24) is 5.32 Å². The Labute approximate surface area is 250 Å². The molecule has 0 saturated heterocycles. The third kappa shape index (κ3) is 9.10. The maximum absolute atomic E-state index is 12.9. The molecule has 1 aromatic heterocycles. The van der Waals surface area contributed by atoms with Crippen LogP contribution in [0.3, 0.4) is 0 Å². The fraction of sp³-hybridized carbons (Fsp3) is 0.517. The predicted octanol–water partition coefficient (Wildman–Crippen LogP) is 5.29. The van der Waals surface area contributed by atoms with Crippen molar-refractivity contribution in [3.63, 3.8) is 0 Å². The summed E-state index contributed by atoms with van der Waals surface area (Å²) in [7, 11) is -4.44. The Morgan fingerprint density at radius 2 is 1.67 bits per heavy atom. The third-order valence-corrected chi connectivity index (χ3v) is 8.83. The summed E-state index contributed by atoms with van der Waals surface area (Å²) in [6.07, 6.45) is 1.10. The highest BCUT2D eigenvalue weighted by molar-refractivity contribution is 8.07. The van der Waals surface area contributed by atoms with Gasteiger partial charge in [0.05, 0.1) is 13.0 Å². The summed E-state index contributed by atoms with van der Waals surface area (Å²) >= 11 is 1.23. The zero-order valence-corrected chi connectivity index (χ0v) is 26.2. The molecule has 1 atom stereocenters. The number of ketones is 1. The molecule has 0 fully saturated rings. The lowest BCUT2D eigenvalue weighted by atomic mass is 9.80. The number of carboxylic acids is 2. The normalized spacial score (nSPS) is 13.1. The number of carboxylic acid groups (broad SMARTS) is 2. The number of benzene rings is 1. The van der Waals surface area contributed by atoms with Crippen LogP contribution in [-0.2, 0) is 42.1 Å². The number of sulfonamides is 1. The van der Waals surface area contributed by atoms with E-state index in [1.54, 1.807) is 38.1 Å². The Morgan fingerprint density at radius 3 is 2.19 bits per heavy atom. The topological polar surface area (TPSA) is 176 Å². The lowest BCUT2D eigenvalue weighted by Crippen LogP contribution is -2.61. The van der Waals surface area contributed by atoms with Crippen molar-refractivity contribution in [2.24, 2.45) is 11.8 Å². The Kier molecular flexibility index (Phi) is 12.7. The Bertz CT molecular complexity index is 1370. The largest absolute Gasteiger partial charge is 0.481 e. The van der Waals surface area contributed by atoms with Crippen molar-refractivity contribution in [2.45, 2.75) is 78.8 Å². The van der Waals surface area contributed by atoms with E-state index in [1.807, 2.05) is 26.8 Å². The second-order valence-electron chi connectivity index (χ2n) is 10.7. The maximum atomic E-state index is 12.9. The molecule has 0 aliphatic carbocycles. The quantitative estimate of drug-likeness (QED) is 0.103. The van der Waals surface area contributed by atoms with Crippen molar-refractivity contribution in [3.8, 4) is 11.1 Å². The molecule has 1 heterocycles. The van der Waals surface area contributed by atoms with Crippen LogP contribution in [0.15, 0.2) is 30.3 Å². The monoisotopic (exact) mass is 624 g/mol. The van der Waals surface area contributed by atoms with Crippen molar-refractivity contribution in [2.75, 3.05) is 11.3 Å². The number of Topliss-reactive ketones (excluding diaryl/α,β-unsaturated/α-hetero) is 1. The first-order valence-corrected chi connectivity index (χ1v) is 16.1. The molecule has 1 unspecified atom stereocenters. The van der Waals surface area contributed by atoms with Gasteiger partial charge in [0.1, 0.15) is 5.00 Å². The van der Waals surface area contributed by atoms with E-state index in [2.05, 4.69) is 10.0 Å². The Hall–Kier alpha value is -3.29. The fourth-order valence-corrected chi connectivity index (χ4v) is 6.62. The second kappa shape index (κ2) is 15.3. The van der Waals surface area contributed by atoms with Crippen LogP contribution in [0.1, 0.15) is 70.7 Å². The zero-order valence-electron chi connectivity index (χ0n) is 24.6. The van der Waals surface area contributed by atoms with Gasteiger partial charge in [0.25, 0.3) is 0 Å². The van der Waals surface area contributed by atoms with E-state index in [4.69, 9.17) is 9.84 Å². The first kappa shape index (κ1) is 34.9. The van der Waals surface area contributed by atoms with Gasteiger partial charge in [-0.2, -0.15) is 8.42 Å². The van der Waals surface area contributed by atoms with E-state index in [0.29, 0.717) is 35.4 Å². The number of carbonyl (C=O) groups is 4. The molecule has 1 aromatic carbocycles. The number of hydrogen-bond acceptors (Lipinski definition) is 9. The number of anilines is 1. The van der Waals surface area contributed by atoms with Gasteiger partial charge >= 0.3 is 27.3 Å². The van der Waals surface area contributed by atoms with Crippen molar-refractivity contribution < 1.29 is 42.5 Å². The second-order valence-corrected chi connectivity index (χ2v) is 13.4. The van der Waals surface area contributed by atoms with Gasteiger partial charge in [-0.1, -0.05) is 65.3 Å². The van der Waals surface area contributed by atoms with E-state index in [0.717, 1.165) is 11.3 Å². The molecule has 232 valence electrons. The summed E-state index contributed by atoms with van der Waals surface area (Å²) < 4.78 is 32.7. The minimum Gasteiger partial charge on any atom is -0.481 e. The number of unbranched alkanes of at least 4 members (excludes halogenated alkanes) is 1. The number of nitrogens with one attached hydrogen (secondary N) is 2. The van der Waals surface area contributed by atoms with Crippen LogP contribution in [0.4, 0.5) is 9.80 Å². The minimum atomic E-state index is -4.44. The van der Waals surface area contributed by atoms with Crippen molar-refractivity contribution >= 4 is 49.4 Å². The SMILES string of the molecule is CCCCOC(=O)S(=O)(=O)Nc1sc(CC(C)C)cc1-c1ccc(CNC(C(=O)O)(C(=O)CCC(=O)O)C(C)C)cc1. The van der Waals surface area contributed by atoms with Crippen LogP contribution in [0.2, 0.25) is 0 Å². The molecule has 0 amide bonds. The summed E-state index contributed by atoms with van der Waals surface area (Å²) in [5.41, 5.74) is -0.0843. The van der Waals surface area contributed by atoms with Gasteiger partial charge in [-0.15, -0.1) is 11.3 Å². The molecular formula is C29H40N2O9S2. The lowest BCUT2D eigenvalue weighted by molar-refractivity contribution is -0.154. The summed E-state index contributed by atoms with van der Waals surface area (Å²) in [4.78, 5) is 49.2. The molecule has 0 bridgehead atoms.